The highest BCUT2D eigenvalue weighted by atomic mass is 35.5. The van der Waals surface area contributed by atoms with E-state index in [2.05, 4.69) is 15.6 Å². The summed E-state index contributed by atoms with van der Waals surface area (Å²) in [7, 11) is 1.59. The molecular formula is C27H27ClFN7O2. The number of carbonyl (C=O) groups is 1. The number of rotatable bonds is 7. The minimum atomic E-state index is -0.472. The van der Waals surface area contributed by atoms with Crippen LogP contribution in [0, 0.1) is 5.82 Å². The van der Waals surface area contributed by atoms with Crippen LogP contribution in [0.5, 0.6) is 5.75 Å². The van der Waals surface area contributed by atoms with Crippen molar-refractivity contribution in [1.29, 1.82) is 0 Å². The summed E-state index contributed by atoms with van der Waals surface area (Å²) in [5.74, 6) is 1.24. The van der Waals surface area contributed by atoms with Crippen LogP contribution in [-0.4, -0.2) is 50.5 Å². The Labute approximate surface area is 224 Å². The van der Waals surface area contributed by atoms with Gasteiger partial charge in [-0.2, -0.15) is 4.98 Å². The number of aromatic nitrogens is 4. The summed E-state index contributed by atoms with van der Waals surface area (Å²) in [5.41, 5.74) is 3.89. The topological polar surface area (TPSA) is 97.2 Å². The second kappa shape index (κ2) is 10.7. The molecule has 0 aliphatic carbocycles. The molecule has 4 aromatic rings. The van der Waals surface area contributed by atoms with Crippen molar-refractivity contribution in [2.45, 2.75) is 26.3 Å². The number of nitrogens with zero attached hydrogens (tertiary/aromatic N) is 5. The Morgan fingerprint density at radius 2 is 2.00 bits per heavy atom. The van der Waals surface area contributed by atoms with Gasteiger partial charge >= 0.3 is 0 Å². The molecule has 0 fully saturated rings. The molecule has 2 N–H and O–H groups in total. The second-order valence-electron chi connectivity index (χ2n) is 8.82. The molecule has 9 nitrogen and oxygen atoms in total. The van der Waals surface area contributed by atoms with E-state index in [-0.39, 0.29) is 11.7 Å². The van der Waals surface area contributed by atoms with Gasteiger partial charge in [-0.3, -0.25) is 4.79 Å². The molecule has 11 heteroatoms. The van der Waals surface area contributed by atoms with Crippen molar-refractivity contribution in [2.24, 2.45) is 0 Å². The van der Waals surface area contributed by atoms with E-state index in [1.54, 1.807) is 41.2 Å². The fraction of sp³-hybridized carbons (Fsp3) is 0.259. The smallest absolute Gasteiger partial charge is 0.229 e. The zero-order valence-corrected chi connectivity index (χ0v) is 22.0. The van der Waals surface area contributed by atoms with E-state index in [1.165, 1.54) is 19.1 Å². The first-order valence-electron chi connectivity index (χ1n) is 12.2. The number of nitrogens with one attached hydrogen (secondary N) is 2. The van der Waals surface area contributed by atoms with Crippen LogP contribution in [0.1, 0.15) is 36.7 Å². The Morgan fingerprint density at radius 3 is 2.66 bits per heavy atom. The summed E-state index contributed by atoms with van der Waals surface area (Å²) in [6.45, 7) is 4.70. The molecule has 1 aliphatic rings. The summed E-state index contributed by atoms with van der Waals surface area (Å²) in [6, 6.07) is 11.3. The van der Waals surface area contributed by atoms with Crippen molar-refractivity contribution in [2.75, 3.05) is 30.8 Å². The molecule has 5 rings (SSSR count). The van der Waals surface area contributed by atoms with E-state index in [1.807, 2.05) is 25.1 Å². The molecule has 0 saturated heterocycles. The third kappa shape index (κ3) is 4.99. The SMILES string of the molecule is CCNc1nc(Nc2ccc(-n3cnc(Cl)c3)c(OC)c2)nc2c1CCN(C(C)=O)C2c1ccc(F)cc1. The number of methoxy groups -OCH3 is 1. The predicted octanol–water partition coefficient (Wildman–Crippen LogP) is 5.13. The third-order valence-electron chi connectivity index (χ3n) is 6.41. The van der Waals surface area contributed by atoms with Crippen LogP contribution in [-0.2, 0) is 11.2 Å². The first-order chi connectivity index (χ1) is 18.4. The van der Waals surface area contributed by atoms with Crippen molar-refractivity contribution in [1.82, 2.24) is 24.4 Å². The zero-order valence-electron chi connectivity index (χ0n) is 21.2. The maximum atomic E-state index is 13.7. The number of anilines is 3. The van der Waals surface area contributed by atoms with Crippen molar-refractivity contribution in [3.05, 3.63) is 82.8 Å². The van der Waals surface area contributed by atoms with Crippen LogP contribution in [0.2, 0.25) is 5.15 Å². The Kier molecular flexibility index (Phi) is 7.15. The van der Waals surface area contributed by atoms with Crippen molar-refractivity contribution in [3.8, 4) is 11.4 Å². The number of benzene rings is 2. The van der Waals surface area contributed by atoms with Crippen LogP contribution in [0.3, 0.4) is 0 Å². The van der Waals surface area contributed by atoms with Crippen LogP contribution < -0.4 is 15.4 Å². The summed E-state index contributed by atoms with van der Waals surface area (Å²) in [6.07, 6.45) is 3.91. The highest BCUT2D eigenvalue weighted by molar-refractivity contribution is 6.29. The maximum Gasteiger partial charge on any atom is 0.229 e. The number of fused-ring (bicyclic) bond motifs is 1. The van der Waals surface area contributed by atoms with Gasteiger partial charge in [-0.05, 0) is 43.2 Å². The number of halogens is 2. The van der Waals surface area contributed by atoms with Crippen LogP contribution in [0.4, 0.5) is 21.8 Å². The number of imidazole rings is 1. The fourth-order valence-electron chi connectivity index (χ4n) is 4.70. The van der Waals surface area contributed by atoms with Crippen molar-refractivity contribution < 1.29 is 13.9 Å². The number of hydrogen-bond donors (Lipinski definition) is 2. The molecule has 0 saturated carbocycles. The lowest BCUT2D eigenvalue weighted by Gasteiger charge is -2.37. The standard InChI is InChI=1S/C27H27ClFN7O2/c1-4-30-26-20-11-12-36(16(2)37)25(17-5-7-18(29)8-6-17)24(20)33-27(34-26)32-19-9-10-21(22(13-19)38-3)35-14-23(28)31-15-35/h5-10,13-15,25H,4,11-12H2,1-3H3,(H2,30,32,33,34). The summed E-state index contributed by atoms with van der Waals surface area (Å²) >= 11 is 5.99. The van der Waals surface area contributed by atoms with E-state index in [0.29, 0.717) is 53.6 Å². The van der Waals surface area contributed by atoms with Gasteiger partial charge in [0.15, 0.2) is 0 Å². The van der Waals surface area contributed by atoms with Crippen LogP contribution in [0.25, 0.3) is 5.69 Å². The van der Waals surface area contributed by atoms with Gasteiger partial charge in [0, 0.05) is 43.5 Å². The first-order valence-corrected chi connectivity index (χ1v) is 12.6. The predicted molar refractivity (Wildman–Crippen MR) is 144 cm³/mol. The minimum absolute atomic E-state index is 0.0805. The normalized spacial score (nSPS) is 14.7. The Morgan fingerprint density at radius 1 is 1.21 bits per heavy atom. The van der Waals surface area contributed by atoms with Crippen LogP contribution in [0.15, 0.2) is 55.0 Å². The van der Waals surface area contributed by atoms with Gasteiger partial charge in [0.2, 0.25) is 11.9 Å². The molecule has 196 valence electrons. The lowest BCUT2D eigenvalue weighted by atomic mass is 9.92. The number of amides is 1. The first kappa shape index (κ1) is 25.5. The lowest BCUT2D eigenvalue weighted by Crippen LogP contribution is -2.40. The third-order valence-corrected chi connectivity index (χ3v) is 6.61. The van der Waals surface area contributed by atoms with Crippen molar-refractivity contribution >= 4 is 35.0 Å². The highest BCUT2D eigenvalue weighted by Crippen LogP contribution is 2.38. The zero-order chi connectivity index (χ0) is 26.8. The van der Waals surface area contributed by atoms with Crippen molar-refractivity contribution in [3.63, 3.8) is 0 Å². The minimum Gasteiger partial charge on any atom is -0.494 e. The molecule has 0 spiro atoms. The number of hydrogen-bond acceptors (Lipinski definition) is 7. The molecule has 1 unspecified atom stereocenters. The highest BCUT2D eigenvalue weighted by Gasteiger charge is 2.34. The summed E-state index contributed by atoms with van der Waals surface area (Å²) < 4.78 is 21.1. The van der Waals surface area contributed by atoms with Gasteiger partial charge in [-0.1, -0.05) is 23.7 Å². The van der Waals surface area contributed by atoms with E-state index >= 15 is 0 Å². The summed E-state index contributed by atoms with van der Waals surface area (Å²) in [5, 5.41) is 7.00. The molecule has 1 atom stereocenters. The van der Waals surface area contributed by atoms with Gasteiger partial charge in [0.1, 0.15) is 28.9 Å². The summed E-state index contributed by atoms with van der Waals surface area (Å²) in [4.78, 5) is 28.1. The van der Waals surface area contributed by atoms with Gasteiger partial charge in [0.25, 0.3) is 0 Å². The molecule has 38 heavy (non-hydrogen) atoms. The second-order valence-corrected chi connectivity index (χ2v) is 9.21. The Bertz CT molecular complexity index is 1480. The van der Waals surface area contributed by atoms with Gasteiger partial charge < -0.3 is 24.8 Å². The monoisotopic (exact) mass is 535 g/mol. The Hall–Kier alpha value is -4.18. The average molecular weight is 536 g/mol. The molecule has 0 radical (unpaired) electrons. The lowest BCUT2D eigenvalue weighted by molar-refractivity contribution is -0.130. The van der Waals surface area contributed by atoms with Gasteiger partial charge in [-0.15, -0.1) is 0 Å². The molecule has 2 aromatic heterocycles. The van der Waals surface area contributed by atoms with E-state index in [4.69, 9.17) is 26.3 Å². The average Bonchev–Trinajstić information content (AvgIpc) is 3.34. The number of carbonyl (C=O) groups excluding carboxylic acids is 1. The molecule has 1 amide bonds. The molecule has 2 aromatic carbocycles. The quantitative estimate of drug-likeness (QED) is 0.338. The van der Waals surface area contributed by atoms with Crippen LogP contribution >= 0.6 is 11.6 Å². The maximum absolute atomic E-state index is 13.7. The molecular weight excluding hydrogens is 509 g/mol. The Balaban J connectivity index is 1.57. The molecule has 1 aliphatic heterocycles. The van der Waals surface area contributed by atoms with Gasteiger partial charge in [0.05, 0.1) is 24.5 Å². The van der Waals surface area contributed by atoms with E-state index in [0.717, 1.165) is 16.8 Å². The van der Waals surface area contributed by atoms with E-state index < -0.39 is 6.04 Å². The van der Waals surface area contributed by atoms with E-state index in [9.17, 15) is 9.18 Å². The fourth-order valence-corrected chi connectivity index (χ4v) is 4.85. The van der Waals surface area contributed by atoms with Gasteiger partial charge in [-0.25, -0.2) is 14.4 Å². The molecule has 3 heterocycles. The number of ether oxygens (including phenoxy) is 1. The molecule has 0 bridgehead atoms. The largest absolute Gasteiger partial charge is 0.494 e.